The van der Waals surface area contributed by atoms with E-state index in [1.54, 1.807) is 0 Å². The highest BCUT2D eigenvalue weighted by atomic mass is 16.3. The number of amidine groups is 2. The van der Waals surface area contributed by atoms with Crippen molar-refractivity contribution in [3.05, 3.63) is 190 Å². The van der Waals surface area contributed by atoms with Crippen LogP contribution in [0.2, 0.25) is 0 Å². The molecule has 5 nitrogen and oxygen atoms in total. The summed E-state index contributed by atoms with van der Waals surface area (Å²) in [6.07, 6.45) is 14.9. The van der Waals surface area contributed by atoms with Crippen LogP contribution in [-0.2, 0) is 12.0 Å². The van der Waals surface area contributed by atoms with Gasteiger partial charge in [-0.05, 0) is 42.8 Å². The van der Waals surface area contributed by atoms with Crippen LogP contribution in [0.3, 0.4) is 0 Å². The second-order valence-corrected chi connectivity index (χ2v) is 12.9. The summed E-state index contributed by atoms with van der Waals surface area (Å²) in [5, 5.41) is 1.17. The third kappa shape index (κ3) is 5.89. The Kier molecular flexibility index (Phi) is 8.02. The molecule has 49 heavy (non-hydrogen) atoms. The molecule has 0 spiro atoms. The van der Waals surface area contributed by atoms with Gasteiger partial charge in [-0.1, -0.05) is 140 Å². The highest BCUT2D eigenvalue weighted by Gasteiger charge is 2.33. The Bertz CT molecular complexity index is 2260. The standard InChI is InChI=1S/C44H36N4O/c1-44(27-25-33(26-28-44)43(46-29-30-13-5-3-6-14-30)48-42(45-2)32-15-7-4-8-16-32)34-23-21-31(22-24-34)40-41-39(35-17-9-11-19-37(35)47-40)36-18-10-12-20-38(36)49-41/h3-16,18-27,35H,2,17,28-29H2,1H3/b46-43-,48-42-. The summed E-state index contributed by atoms with van der Waals surface area (Å²) in [6.45, 7) is 6.60. The summed E-state index contributed by atoms with van der Waals surface area (Å²) in [5.74, 6) is 2.30. The topological polar surface area (TPSA) is 62.6 Å². The molecule has 5 aromatic rings. The highest BCUT2D eigenvalue weighted by Crippen LogP contribution is 2.44. The molecule has 0 fully saturated rings. The fourth-order valence-electron chi connectivity index (χ4n) is 6.90. The first kappa shape index (κ1) is 30.4. The Morgan fingerprint density at radius 3 is 2.41 bits per heavy atom. The average molecular weight is 637 g/mol. The Morgan fingerprint density at radius 1 is 0.898 bits per heavy atom. The van der Waals surface area contributed by atoms with E-state index < -0.39 is 0 Å². The van der Waals surface area contributed by atoms with Gasteiger partial charge in [-0.25, -0.2) is 15.0 Å². The number of furan rings is 1. The number of benzene rings is 4. The molecule has 2 heterocycles. The molecule has 238 valence electrons. The zero-order valence-electron chi connectivity index (χ0n) is 27.5. The number of hydrogen-bond acceptors (Lipinski definition) is 3. The van der Waals surface area contributed by atoms with Gasteiger partial charge in [-0.15, -0.1) is 0 Å². The van der Waals surface area contributed by atoms with Crippen LogP contribution in [0.25, 0.3) is 11.0 Å². The number of nitrogens with zero attached hydrogens (tertiary/aromatic N) is 4. The van der Waals surface area contributed by atoms with Crippen LogP contribution >= 0.6 is 0 Å². The lowest BCUT2D eigenvalue weighted by atomic mass is 9.75. The Morgan fingerprint density at radius 2 is 1.65 bits per heavy atom. The third-order valence-electron chi connectivity index (χ3n) is 9.67. The van der Waals surface area contributed by atoms with Crippen molar-refractivity contribution in [2.45, 2.75) is 37.6 Å². The van der Waals surface area contributed by atoms with Crippen molar-refractivity contribution in [2.75, 3.05) is 0 Å². The average Bonchev–Trinajstić information content (AvgIpc) is 3.56. The predicted molar refractivity (Wildman–Crippen MR) is 202 cm³/mol. The van der Waals surface area contributed by atoms with Gasteiger partial charge in [0, 0.05) is 44.7 Å². The second-order valence-electron chi connectivity index (χ2n) is 12.9. The molecule has 4 aromatic carbocycles. The first-order chi connectivity index (χ1) is 24.1. The molecule has 0 saturated carbocycles. The largest absolute Gasteiger partial charge is 0.454 e. The van der Waals surface area contributed by atoms with E-state index in [0.717, 1.165) is 57.9 Å². The lowest BCUT2D eigenvalue weighted by molar-refractivity contribution is 0.588. The van der Waals surface area contributed by atoms with Crippen LogP contribution in [0.15, 0.2) is 181 Å². The van der Waals surface area contributed by atoms with E-state index in [2.05, 4.69) is 104 Å². The molecule has 0 saturated heterocycles. The summed E-state index contributed by atoms with van der Waals surface area (Å²) in [5.41, 5.74) is 9.21. The smallest absolute Gasteiger partial charge is 0.161 e. The normalized spacial score (nSPS) is 20.3. The van der Waals surface area contributed by atoms with Crippen LogP contribution in [0.1, 0.15) is 59.3 Å². The van der Waals surface area contributed by atoms with Crippen molar-refractivity contribution >= 4 is 35.1 Å². The van der Waals surface area contributed by atoms with Crippen molar-refractivity contribution in [2.24, 2.45) is 20.0 Å². The lowest BCUT2D eigenvalue weighted by Crippen LogP contribution is -2.22. The van der Waals surface area contributed by atoms with Crippen molar-refractivity contribution in [1.82, 2.24) is 0 Å². The van der Waals surface area contributed by atoms with Crippen molar-refractivity contribution < 1.29 is 4.42 Å². The molecule has 0 radical (unpaired) electrons. The van der Waals surface area contributed by atoms with Gasteiger partial charge in [0.1, 0.15) is 11.3 Å². The molecule has 0 N–H and O–H groups in total. The first-order valence-electron chi connectivity index (χ1n) is 16.8. The number of rotatable bonds is 6. The van der Waals surface area contributed by atoms with Crippen LogP contribution in [-0.4, -0.2) is 24.1 Å². The molecule has 1 aromatic heterocycles. The number of allylic oxidation sites excluding steroid dienone is 6. The number of para-hydroxylation sites is 1. The molecule has 0 amide bonds. The Labute approximate surface area is 286 Å². The molecule has 2 unspecified atom stereocenters. The molecule has 3 aliphatic rings. The maximum Gasteiger partial charge on any atom is 0.161 e. The van der Waals surface area contributed by atoms with Crippen molar-refractivity contribution in [3.63, 3.8) is 0 Å². The summed E-state index contributed by atoms with van der Waals surface area (Å²) in [6, 6.07) is 37.3. The third-order valence-corrected chi connectivity index (χ3v) is 9.67. The molecular weight excluding hydrogens is 601 g/mol. The maximum absolute atomic E-state index is 6.49. The van der Waals surface area contributed by atoms with Crippen LogP contribution in [0, 0.1) is 0 Å². The van der Waals surface area contributed by atoms with Gasteiger partial charge in [0.2, 0.25) is 0 Å². The van der Waals surface area contributed by atoms with Gasteiger partial charge in [0.15, 0.2) is 17.4 Å². The van der Waals surface area contributed by atoms with Gasteiger partial charge >= 0.3 is 0 Å². The highest BCUT2D eigenvalue weighted by molar-refractivity contribution is 6.16. The molecule has 2 aliphatic carbocycles. The summed E-state index contributed by atoms with van der Waals surface area (Å²) < 4.78 is 6.49. The van der Waals surface area contributed by atoms with E-state index in [-0.39, 0.29) is 11.3 Å². The molecular formula is C44H36N4O. The molecule has 1 aliphatic heterocycles. The van der Waals surface area contributed by atoms with Gasteiger partial charge < -0.3 is 4.42 Å². The van der Waals surface area contributed by atoms with E-state index in [4.69, 9.17) is 19.4 Å². The van der Waals surface area contributed by atoms with E-state index >= 15 is 0 Å². The SMILES string of the molecule is C=N/C(=N\C(=N/Cc1ccccc1)C1=CCC(C)(c2ccc(C3=NC4=CC=CCC4c4c3oc3ccccc43)cc2)C=C1)c1ccccc1. The van der Waals surface area contributed by atoms with E-state index in [1.807, 2.05) is 60.7 Å². The molecule has 0 bridgehead atoms. The van der Waals surface area contributed by atoms with Gasteiger partial charge in [-0.2, -0.15) is 0 Å². The van der Waals surface area contributed by atoms with Gasteiger partial charge in [0.25, 0.3) is 0 Å². The monoisotopic (exact) mass is 636 g/mol. The van der Waals surface area contributed by atoms with Crippen molar-refractivity contribution in [1.29, 1.82) is 0 Å². The number of aliphatic imine (C=N–C) groups is 4. The zero-order chi connectivity index (χ0) is 33.2. The van der Waals surface area contributed by atoms with E-state index in [9.17, 15) is 0 Å². The lowest BCUT2D eigenvalue weighted by Gasteiger charge is -2.29. The number of fused-ring (bicyclic) bond motifs is 5. The quantitative estimate of drug-likeness (QED) is 0.135. The molecule has 5 heteroatoms. The number of hydrogen-bond donors (Lipinski definition) is 0. The predicted octanol–water partition coefficient (Wildman–Crippen LogP) is 10.1. The van der Waals surface area contributed by atoms with E-state index in [1.165, 1.54) is 16.5 Å². The van der Waals surface area contributed by atoms with Crippen LogP contribution in [0.5, 0.6) is 0 Å². The minimum atomic E-state index is -0.198. The van der Waals surface area contributed by atoms with Gasteiger partial charge in [-0.3, -0.25) is 4.99 Å². The Balaban J connectivity index is 1.09. The molecule has 2 atom stereocenters. The van der Waals surface area contributed by atoms with Gasteiger partial charge in [0.05, 0.1) is 6.54 Å². The van der Waals surface area contributed by atoms with Crippen LogP contribution in [0.4, 0.5) is 0 Å². The fourth-order valence-corrected chi connectivity index (χ4v) is 6.90. The van der Waals surface area contributed by atoms with E-state index in [0.29, 0.717) is 18.2 Å². The second kappa shape index (κ2) is 12.9. The maximum atomic E-state index is 6.49. The van der Waals surface area contributed by atoms with Crippen molar-refractivity contribution in [3.8, 4) is 0 Å². The summed E-state index contributed by atoms with van der Waals surface area (Å²) in [7, 11) is 0. The minimum Gasteiger partial charge on any atom is -0.454 e. The Hall–Kier alpha value is -5.94. The fraction of sp³-hybridized carbons (Fsp3) is 0.136. The summed E-state index contributed by atoms with van der Waals surface area (Å²) in [4.78, 5) is 19.3. The zero-order valence-corrected chi connectivity index (χ0v) is 27.5. The minimum absolute atomic E-state index is 0.198. The summed E-state index contributed by atoms with van der Waals surface area (Å²) >= 11 is 0. The molecule has 8 rings (SSSR count). The first-order valence-corrected chi connectivity index (χ1v) is 16.8. The van der Waals surface area contributed by atoms with Crippen LogP contribution < -0.4 is 0 Å².